The standard InChI is InChI=1S/C12H19NO3S/c1-16-11(14)8-17-10-5-6-13(7-10)12(15)9-3-2-4-9/h9-10H,2-8H2,1H3/t10-/m1/s1. The number of esters is 1. The normalized spacial score (nSPS) is 24.5. The van der Waals surface area contributed by atoms with Crippen LogP contribution in [0.4, 0.5) is 0 Å². The first-order chi connectivity index (χ1) is 8.20. The highest BCUT2D eigenvalue weighted by Gasteiger charge is 2.33. The molecule has 0 aromatic carbocycles. The van der Waals surface area contributed by atoms with Crippen molar-refractivity contribution in [1.82, 2.24) is 4.90 Å². The van der Waals surface area contributed by atoms with Gasteiger partial charge >= 0.3 is 5.97 Å². The second kappa shape index (κ2) is 5.76. The van der Waals surface area contributed by atoms with Crippen molar-refractivity contribution < 1.29 is 14.3 Å². The molecule has 2 aliphatic rings. The highest BCUT2D eigenvalue weighted by molar-refractivity contribution is 8.00. The molecule has 2 rings (SSSR count). The van der Waals surface area contributed by atoms with E-state index in [4.69, 9.17) is 0 Å². The van der Waals surface area contributed by atoms with Gasteiger partial charge in [-0.3, -0.25) is 9.59 Å². The van der Waals surface area contributed by atoms with E-state index in [0.29, 0.717) is 22.8 Å². The summed E-state index contributed by atoms with van der Waals surface area (Å²) in [6, 6.07) is 0. The average Bonchev–Trinajstić information content (AvgIpc) is 2.72. The first-order valence-electron chi connectivity index (χ1n) is 6.18. The van der Waals surface area contributed by atoms with Crippen molar-refractivity contribution in [3.63, 3.8) is 0 Å². The summed E-state index contributed by atoms with van der Waals surface area (Å²) in [5.41, 5.74) is 0. The van der Waals surface area contributed by atoms with Crippen LogP contribution in [0.5, 0.6) is 0 Å². The lowest BCUT2D eigenvalue weighted by Crippen LogP contribution is -2.37. The molecule has 0 aromatic rings. The van der Waals surface area contributed by atoms with Crippen molar-refractivity contribution in [2.45, 2.75) is 30.9 Å². The molecule has 0 spiro atoms. The lowest BCUT2D eigenvalue weighted by atomic mass is 9.84. The predicted octanol–water partition coefficient (Wildman–Crippen LogP) is 1.29. The van der Waals surface area contributed by atoms with Gasteiger partial charge in [0.05, 0.1) is 12.9 Å². The fraction of sp³-hybridized carbons (Fsp3) is 0.833. The van der Waals surface area contributed by atoms with Crippen molar-refractivity contribution in [1.29, 1.82) is 0 Å². The van der Waals surface area contributed by atoms with E-state index in [9.17, 15) is 9.59 Å². The van der Waals surface area contributed by atoms with E-state index in [1.807, 2.05) is 4.90 Å². The number of carbonyl (C=O) groups excluding carboxylic acids is 2. The Kier molecular flexibility index (Phi) is 4.31. The fourth-order valence-corrected chi connectivity index (χ4v) is 3.27. The van der Waals surface area contributed by atoms with Crippen LogP contribution in [0.3, 0.4) is 0 Å². The van der Waals surface area contributed by atoms with Crippen molar-refractivity contribution in [2.24, 2.45) is 5.92 Å². The van der Waals surface area contributed by atoms with E-state index in [0.717, 1.165) is 32.4 Å². The zero-order valence-corrected chi connectivity index (χ0v) is 11.0. The zero-order chi connectivity index (χ0) is 12.3. The van der Waals surface area contributed by atoms with Crippen molar-refractivity contribution in [2.75, 3.05) is 26.0 Å². The number of thioether (sulfide) groups is 1. The van der Waals surface area contributed by atoms with Gasteiger partial charge in [0, 0.05) is 24.3 Å². The van der Waals surface area contributed by atoms with Gasteiger partial charge in [-0.2, -0.15) is 0 Å². The SMILES string of the molecule is COC(=O)CS[C@@H]1CCN(C(=O)C2CCC2)C1. The minimum absolute atomic E-state index is 0.182. The molecule has 1 atom stereocenters. The molecule has 96 valence electrons. The largest absolute Gasteiger partial charge is 0.468 e. The quantitative estimate of drug-likeness (QED) is 0.712. The molecule has 0 unspecified atom stereocenters. The van der Waals surface area contributed by atoms with E-state index in [1.54, 1.807) is 11.8 Å². The molecule has 0 N–H and O–H groups in total. The smallest absolute Gasteiger partial charge is 0.315 e. The molecular weight excluding hydrogens is 238 g/mol. The molecule has 1 aliphatic carbocycles. The third kappa shape index (κ3) is 3.15. The Labute approximate surface area is 106 Å². The fourth-order valence-electron chi connectivity index (χ4n) is 2.22. The topological polar surface area (TPSA) is 46.6 Å². The van der Waals surface area contributed by atoms with Gasteiger partial charge in [-0.25, -0.2) is 0 Å². The lowest BCUT2D eigenvalue weighted by Gasteiger charge is -2.29. The lowest BCUT2D eigenvalue weighted by molar-refractivity contribution is -0.137. The van der Waals surface area contributed by atoms with Crippen LogP contribution in [0.25, 0.3) is 0 Å². The Balaban J connectivity index is 1.71. The van der Waals surface area contributed by atoms with Crippen LogP contribution in [-0.4, -0.2) is 48.0 Å². The summed E-state index contributed by atoms with van der Waals surface area (Å²) in [4.78, 5) is 25.0. The van der Waals surface area contributed by atoms with Gasteiger partial charge in [-0.05, 0) is 19.3 Å². The van der Waals surface area contributed by atoms with E-state index >= 15 is 0 Å². The van der Waals surface area contributed by atoms with Crippen LogP contribution in [-0.2, 0) is 14.3 Å². The van der Waals surface area contributed by atoms with E-state index in [2.05, 4.69) is 4.74 Å². The Morgan fingerprint density at radius 1 is 1.35 bits per heavy atom. The molecule has 1 aliphatic heterocycles. The highest BCUT2D eigenvalue weighted by Crippen LogP contribution is 2.31. The predicted molar refractivity (Wildman–Crippen MR) is 66.8 cm³/mol. The summed E-state index contributed by atoms with van der Waals surface area (Å²) in [5.74, 6) is 0.836. The summed E-state index contributed by atoms with van der Waals surface area (Å²) in [6.07, 6.45) is 4.33. The highest BCUT2D eigenvalue weighted by atomic mass is 32.2. The number of amides is 1. The zero-order valence-electron chi connectivity index (χ0n) is 10.2. The van der Waals surface area contributed by atoms with Crippen LogP contribution >= 0.6 is 11.8 Å². The van der Waals surface area contributed by atoms with Crippen LogP contribution < -0.4 is 0 Å². The van der Waals surface area contributed by atoms with E-state index in [1.165, 1.54) is 13.5 Å². The molecule has 0 bridgehead atoms. The number of hydrogen-bond donors (Lipinski definition) is 0. The van der Waals surface area contributed by atoms with Crippen molar-refractivity contribution >= 4 is 23.6 Å². The molecule has 0 radical (unpaired) electrons. The third-order valence-electron chi connectivity index (χ3n) is 3.58. The summed E-state index contributed by atoms with van der Waals surface area (Å²) >= 11 is 1.61. The van der Waals surface area contributed by atoms with Gasteiger partial charge in [0.25, 0.3) is 0 Å². The molecule has 1 saturated heterocycles. The van der Waals surface area contributed by atoms with Crippen molar-refractivity contribution in [3.05, 3.63) is 0 Å². The van der Waals surface area contributed by atoms with Gasteiger partial charge in [0.15, 0.2) is 0 Å². The third-order valence-corrected chi connectivity index (χ3v) is 4.83. The van der Waals surface area contributed by atoms with E-state index in [-0.39, 0.29) is 5.97 Å². The Bertz CT molecular complexity index is 304. The van der Waals surface area contributed by atoms with Gasteiger partial charge in [-0.15, -0.1) is 11.8 Å². The maximum absolute atomic E-state index is 12.0. The average molecular weight is 257 g/mol. The van der Waals surface area contributed by atoms with Gasteiger partial charge in [0.1, 0.15) is 0 Å². The van der Waals surface area contributed by atoms with Gasteiger partial charge in [-0.1, -0.05) is 6.42 Å². The maximum Gasteiger partial charge on any atom is 0.315 e. The monoisotopic (exact) mass is 257 g/mol. The number of carbonyl (C=O) groups is 2. The summed E-state index contributed by atoms with van der Waals surface area (Å²) in [5, 5.41) is 0.401. The molecule has 4 nitrogen and oxygen atoms in total. The minimum Gasteiger partial charge on any atom is -0.468 e. The molecule has 2 fully saturated rings. The molecule has 17 heavy (non-hydrogen) atoms. The van der Waals surface area contributed by atoms with Gasteiger partial charge < -0.3 is 9.64 Å². The Morgan fingerprint density at radius 2 is 2.12 bits per heavy atom. The molecular formula is C12H19NO3S. The number of rotatable bonds is 4. The number of nitrogens with zero attached hydrogens (tertiary/aromatic N) is 1. The van der Waals surface area contributed by atoms with Gasteiger partial charge in [0.2, 0.25) is 5.91 Å². The first kappa shape index (κ1) is 12.7. The number of methoxy groups -OCH3 is 1. The summed E-state index contributed by atoms with van der Waals surface area (Å²) in [7, 11) is 1.41. The molecule has 1 amide bonds. The van der Waals surface area contributed by atoms with Crippen LogP contribution in [0, 0.1) is 5.92 Å². The maximum atomic E-state index is 12.0. The second-order valence-electron chi connectivity index (χ2n) is 4.71. The second-order valence-corrected chi connectivity index (χ2v) is 6.00. The Hall–Kier alpha value is -0.710. The summed E-state index contributed by atoms with van der Waals surface area (Å²) in [6.45, 7) is 1.66. The number of likely N-dealkylation sites (tertiary alicyclic amines) is 1. The van der Waals surface area contributed by atoms with Crippen LogP contribution in [0.1, 0.15) is 25.7 Å². The van der Waals surface area contributed by atoms with Crippen LogP contribution in [0.15, 0.2) is 0 Å². The molecule has 0 aromatic heterocycles. The molecule has 1 heterocycles. The minimum atomic E-state index is -0.182. The van der Waals surface area contributed by atoms with Crippen molar-refractivity contribution in [3.8, 4) is 0 Å². The van der Waals surface area contributed by atoms with Crippen LogP contribution in [0.2, 0.25) is 0 Å². The summed E-state index contributed by atoms with van der Waals surface area (Å²) < 4.78 is 4.61. The number of ether oxygens (including phenoxy) is 1. The molecule has 5 heteroatoms. The first-order valence-corrected chi connectivity index (χ1v) is 7.23. The van der Waals surface area contributed by atoms with E-state index < -0.39 is 0 Å². The number of hydrogen-bond acceptors (Lipinski definition) is 4. The molecule has 1 saturated carbocycles. The Morgan fingerprint density at radius 3 is 2.71 bits per heavy atom.